The molecule has 1 aliphatic heterocycles. The molecular formula is C19H23N5O3. The molecule has 0 atom stereocenters. The quantitative estimate of drug-likeness (QED) is 0.756. The van der Waals surface area contributed by atoms with Crippen LogP contribution < -0.4 is 14.4 Å². The van der Waals surface area contributed by atoms with Gasteiger partial charge in [0.25, 0.3) is 0 Å². The third-order valence-electron chi connectivity index (χ3n) is 4.98. The molecule has 1 aliphatic rings. The average Bonchev–Trinajstić information content (AvgIpc) is 3.07. The van der Waals surface area contributed by atoms with Crippen LogP contribution in [0.15, 0.2) is 12.1 Å². The van der Waals surface area contributed by atoms with E-state index in [-0.39, 0.29) is 6.61 Å². The number of aryl methyl sites for hydroxylation is 3. The van der Waals surface area contributed by atoms with Crippen molar-refractivity contribution in [3.63, 3.8) is 0 Å². The fourth-order valence-electron chi connectivity index (χ4n) is 3.84. The summed E-state index contributed by atoms with van der Waals surface area (Å²) in [5.41, 5.74) is 5.14. The second-order valence-electron chi connectivity index (χ2n) is 6.58. The molecule has 0 saturated heterocycles. The van der Waals surface area contributed by atoms with Crippen LogP contribution >= 0.6 is 0 Å². The topological polar surface area (TPSA) is 85.5 Å². The molecule has 0 aliphatic carbocycles. The van der Waals surface area contributed by atoms with Crippen molar-refractivity contribution in [3.05, 3.63) is 29.1 Å². The average molecular weight is 369 g/mol. The first kappa shape index (κ1) is 17.5. The van der Waals surface area contributed by atoms with E-state index in [4.69, 9.17) is 14.5 Å². The van der Waals surface area contributed by atoms with Gasteiger partial charge in [0.2, 0.25) is 5.95 Å². The zero-order valence-corrected chi connectivity index (χ0v) is 16.0. The number of nitrogens with zero attached hydrogens (tertiary/aromatic N) is 5. The highest BCUT2D eigenvalue weighted by Gasteiger charge is 2.28. The Balaban J connectivity index is 1.95. The van der Waals surface area contributed by atoms with E-state index >= 15 is 0 Å². The van der Waals surface area contributed by atoms with Gasteiger partial charge in [0.1, 0.15) is 11.3 Å². The number of imidazole rings is 1. The summed E-state index contributed by atoms with van der Waals surface area (Å²) in [6.45, 7) is 5.51. The van der Waals surface area contributed by atoms with E-state index in [1.54, 1.807) is 14.2 Å². The Morgan fingerprint density at radius 2 is 1.78 bits per heavy atom. The van der Waals surface area contributed by atoms with Crippen molar-refractivity contribution in [2.75, 3.05) is 25.7 Å². The minimum atomic E-state index is -0.0463. The Morgan fingerprint density at radius 3 is 2.41 bits per heavy atom. The van der Waals surface area contributed by atoms with Crippen molar-refractivity contribution in [3.8, 4) is 11.8 Å². The molecule has 3 aromatic rings. The molecule has 4 rings (SSSR count). The molecule has 0 radical (unpaired) electrons. The van der Waals surface area contributed by atoms with Gasteiger partial charge in [-0.1, -0.05) is 6.07 Å². The molecule has 0 fully saturated rings. The molecular weight excluding hydrogens is 346 g/mol. The highest BCUT2D eigenvalue weighted by molar-refractivity contribution is 5.89. The third kappa shape index (κ3) is 2.68. The van der Waals surface area contributed by atoms with E-state index in [0.29, 0.717) is 11.8 Å². The molecule has 0 bridgehead atoms. The summed E-state index contributed by atoms with van der Waals surface area (Å²) in [7, 11) is 3.20. The van der Waals surface area contributed by atoms with Gasteiger partial charge in [-0.05, 0) is 26.3 Å². The van der Waals surface area contributed by atoms with Gasteiger partial charge in [0, 0.05) is 18.7 Å². The van der Waals surface area contributed by atoms with Crippen molar-refractivity contribution in [2.45, 2.75) is 33.4 Å². The highest BCUT2D eigenvalue weighted by atomic mass is 16.5. The van der Waals surface area contributed by atoms with Gasteiger partial charge in [-0.3, -0.25) is 0 Å². The maximum atomic E-state index is 9.82. The van der Waals surface area contributed by atoms with Crippen molar-refractivity contribution >= 4 is 22.7 Å². The molecule has 2 aromatic heterocycles. The predicted octanol–water partition coefficient (Wildman–Crippen LogP) is 2.49. The van der Waals surface area contributed by atoms with Gasteiger partial charge < -0.3 is 24.0 Å². The Kier molecular flexibility index (Phi) is 4.35. The maximum absolute atomic E-state index is 9.82. The lowest BCUT2D eigenvalue weighted by molar-refractivity contribution is 0.282. The number of aliphatic hydroxyl groups excluding tert-OH is 1. The van der Waals surface area contributed by atoms with Crippen LogP contribution in [0, 0.1) is 13.8 Å². The molecule has 8 nitrogen and oxygen atoms in total. The van der Waals surface area contributed by atoms with Gasteiger partial charge in [-0.2, -0.15) is 9.97 Å². The molecule has 27 heavy (non-hydrogen) atoms. The van der Waals surface area contributed by atoms with Crippen LogP contribution in [0.2, 0.25) is 0 Å². The minimum Gasteiger partial charge on any atom is -0.494 e. The van der Waals surface area contributed by atoms with Gasteiger partial charge in [0.15, 0.2) is 0 Å². The van der Waals surface area contributed by atoms with E-state index in [1.165, 1.54) is 0 Å². The highest BCUT2D eigenvalue weighted by Crippen LogP contribution is 2.38. The zero-order valence-electron chi connectivity index (χ0n) is 16.0. The first-order chi connectivity index (χ1) is 13.1. The summed E-state index contributed by atoms with van der Waals surface area (Å²) >= 11 is 0. The molecule has 3 heterocycles. The van der Waals surface area contributed by atoms with Crippen LogP contribution in [0.5, 0.6) is 11.8 Å². The number of aromatic nitrogens is 4. The molecule has 0 spiro atoms. The van der Waals surface area contributed by atoms with Crippen LogP contribution in [0.1, 0.15) is 23.4 Å². The van der Waals surface area contributed by atoms with Gasteiger partial charge in [-0.15, -0.1) is 0 Å². The molecule has 1 N–H and O–H groups in total. The van der Waals surface area contributed by atoms with E-state index in [2.05, 4.69) is 19.4 Å². The summed E-state index contributed by atoms with van der Waals surface area (Å²) in [5.74, 6) is 1.51. The lowest BCUT2D eigenvalue weighted by atomic mass is 10.1. The maximum Gasteiger partial charge on any atom is 0.316 e. The SMILES string of the molecule is COc1nc(C)c(N2CCCn3c2nc2c(OC)ccc(CO)c23)c(C)n1. The number of anilines is 2. The second kappa shape index (κ2) is 6.70. The second-order valence-corrected chi connectivity index (χ2v) is 6.58. The number of fused-ring (bicyclic) bond motifs is 3. The first-order valence-electron chi connectivity index (χ1n) is 8.92. The van der Waals surface area contributed by atoms with Crippen LogP contribution in [0.25, 0.3) is 11.0 Å². The minimum absolute atomic E-state index is 0.0463. The normalized spacial score (nSPS) is 13.7. The van der Waals surface area contributed by atoms with Gasteiger partial charge in [0.05, 0.1) is 43.4 Å². The van der Waals surface area contributed by atoms with E-state index in [1.807, 2.05) is 26.0 Å². The predicted molar refractivity (Wildman–Crippen MR) is 102 cm³/mol. The summed E-state index contributed by atoms with van der Waals surface area (Å²) in [6.07, 6.45) is 0.950. The summed E-state index contributed by atoms with van der Waals surface area (Å²) in [6, 6.07) is 4.11. The zero-order chi connectivity index (χ0) is 19.1. The molecule has 142 valence electrons. The van der Waals surface area contributed by atoms with Crippen molar-refractivity contribution in [1.82, 2.24) is 19.5 Å². The Labute approximate surface area is 157 Å². The standard InChI is InChI=1S/C19H23N5O3/c1-11-16(12(2)21-18(20-11)27-4)23-8-5-9-24-17-13(10-25)6-7-14(26-3)15(17)22-19(23)24/h6-7,25H,5,8-10H2,1-4H3. The number of methoxy groups -OCH3 is 2. The monoisotopic (exact) mass is 369 g/mol. The molecule has 0 amide bonds. The Bertz CT molecular complexity index is 991. The lowest BCUT2D eigenvalue weighted by Gasteiger charge is -2.31. The van der Waals surface area contributed by atoms with Crippen LogP contribution in [0.4, 0.5) is 11.6 Å². The Morgan fingerprint density at radius 1 is 1.04 bits per heavy atom. The summed E-state index contributed by atoms with van der Waals surface area (Å²) in [4.78, 5) is 15.9. The summed E-state index contributed by atoms with van der Waals surface area (Å²) in [5, 5.41) is 9.82. The smallest absolute Gasteiger partial charge is 0.316 e. The third-order valence-corrected chi connectivity index (χ3v) is 4.98. The fraction of sp³-hybridized carbons (Fsp3) is 0.421. The summed E-state index contributed by atoms with van der Waals surface area (Å²) < 4.78 is 12.8. The van der Waals surface area contributed by atoms with Crippen molar-refractivity contribution in [1.29, 1.82) is 0 Å². The van der Waals surface area contributed by atoms with Crippen molar-refractivity contribution in [2.24, 2.45) is 0 Å². The molecule has 0 saturated carbocycles. The number of hydrogen-bond acceptors (Lipinski definition) is 7. The van der Waals surface area contributed by atoms with Gasteiger partial charge in [-0.25, -0.2) is 4.98 Å². The van der Waals surface area contributed by atoms with Crippen LogP contribution in [-0.2, 0) is 13.2 Å². The number of ether oxygens (including phenoxy) is 2. The lowest BCUT2D eigenvalue weighted by Crippen LogP contribution is -2.30. The Hall–Kier alpha value is -2.87. The number of rotatable bonds is 4. The van der Waals surface area contributed by atoms with E-state index < -0.39 is 0 Å². The molecule has 8 heteroatoms. The number of benzene rings is 1. The number of hydrogen-bond donors (Lipinski definition) is 1. The van der Waals surface area contributed by atoms with E-state index in [9.17, 15) is 5.11 Å². The fourth-order valence-corrected chi connectivity index (χ4v) is 3.84. The van der Waals surface area contributed by atoms with Gasteiger partial charge >= 0.3 is 6.01 Å². The number of aliphatic hydroxyl groups is 1. The van der Waals surface area contributed by atoms with Crippen LogP contribution in [0.3, 0.4) is 0 Å². The molecule has 0 unspecified atom stereocenters. The molecule has 1 aromatic carbocycles. The van der Waals surface area contributed by atoms with Crippen LogP contribution in [-0.4, -0.2) is 45.4 Å². The van der Waals surface area contributed by atoms with E-state index in [0.717, 1.165) is 59.1 Å². The largest absolute Gasteiger partial charge is 0.494 e. The first-order valence-corrected chi connectivity index (χ1v) is 8.92. The van der Waals surface area contributed by atoms with Crippen molar-refractivity contribution < 1.29 is 14.6 Å².